The minimum absolute atomic E-state index is 0.0535. The molecule has 2 aromatic carbocycles. The molecule has 0 N–H and O–H groups in total. The largest absolute Gasteiger partial charge is 0.493 e. The van der Waals surface area contributed by atoms with Crippen molar-refractivity contribution in [3.05, 3.63) is 84.4 Å². The molecule has 0 radical (unpaired) electrons. The number of rotatable bonds is 12. The molecule has 5 rings (SSSR count). The number of hydrogen-bond acceptors (Lipinski definition) is 8. The minimum Gasteiger partial charge on any atom is -0.493 e. The number of carbonyl (C=O) groups is 1. The van der Waals surface area contributed by atoms with Crippen molar-refractivity contribution in [2.75, 3.05) is 22.3 Å². The Labute approximate surface area is 245 Å². The molecule has 1 fully saturated rings. The summed E-state index contributed by atoms with van der Waals surface area (Å²) in [4.78, 5) is 16.6. The Morgan fingerprint density at radius 2 is 1.88 bits per heavy atom. The van der Waals surface area contributed by atoms with Gasteiger partial charge in [-0.2, -0.15) is 17.8 Å². The van der Waals surface area contributed by atoms with Crippen molar-refractivity contribution in [3.8, 4) is 22.6 Å². The van der Waals surface area contributed by atoms with E-state index in [1.807, 2.05) is 30.7 Å². The van der Waals surface area contributed by atoms with E-state index in [1.54, 1.807) is 48.9 Å². The predicted octanol–water partition coefficient (Wildman–Crippen LogP) is 4.71. The quantitative estimate of drug-likeness (QED) is 0.218. The lowest BCUT2D eigenvalue weighted by atomic mass is 10.1. The molecule has 42 heavy (non-hydrogen) atoms. The summed E-state index contributed by atoms with van der Waals surface area (Å²) in [5.41, 5.74) is 3.98. The second kappa shape index (κ2) is 12.6. The van der Waals surface area contributed by atoms with E-state index in [0.717, 1.165) is 29.8 Å². The highest BCUT2D eigenvalue weighted by Crippen LogP contribution is 2.36. The van der Waals surface area contributed by atoms with Gasteiger partial charge in [0.2, 0.25) is 6.41 Å². The third-order valence-corrected chi connectivity index (χ3v) is 8.78. The average Bonchev–Trinajstić information content (AvgIpc) is 3.66. The van der Waals surface area contributed by atoms with Crippen LogP contribution in [0.2, 0.25) is 0 Å². The number of aromatic nitrogens is 3. The van der Waals surface area contributed by atoms with Gasteiger partial charge in [-0.15, -0.1) is 0 Å². The molecule has 1 saturated heterocycles. The number of amides is 1. The predicted molar refractivity (Wildman–Crippen MR) is 159 cm³/mol. The van der Waals surface area contributed by atoms with E-state index in [9.17, 15) is 13.2 Å². The molecule has 0 saturated carbocycles. The van der Waals surface area contributed by atoms with E-state index in [4.69, 9.17) is 14.2 Å². The topological polar surface area (TPSA) is 116 Å². The van der Waals surface area contributed by atoms with Crippen LogP contribution in [0.3, 0.4) is 0 Å². The fourth-order valence-corrected chi connectivity index (χ4v) is 6.25. The van der Waals surface area contributed by atoms with Crippen LogP contribution in [0.15, 0.2) is 73.2 Å². The number of nitrogens with zero attached hydrogens (tertiary/aromatic N) is 5. The molecule has 1 amide bonds. The van der Waals surface area contributed by atoms with Crippen molar-refractivity contribution in [3.63, 3.8) is 0 Å². The van der Waals surface area contributed by atoms with Crippen LogP contribution in [0.1, 0.15) is 31.0 Å². The molecule has 1 unspecified atom stereocenters. The van der Waals surface area contributed by atoms with Crippen LogP contribution in [0.4, 0.5) is 11.4 Å². The van der Waals surface area contributed by atoms with Gasteiger partial charge in [0.1, 0.15) is 0 Å². The summed E-state index contributed by atoms with van der Waals surface area (Å²) in [6.45, 7) is 5.28. The third-order valence-electron chi connectivity index (χ3n) is 7.09. The maximum Gasteiger partial charge on any atom is 0.333 e. The van der Waals surface area contributed by atoms with E-state index in [-0.39, 0.29) is 24.4 Å². The lowest BCUT2D eigenvalue weighted by Gasteiger charge is -2.30. The Kier molecular flexibility index (Phi) is 8.74. The Bertz CT molecular complexity index is 1620. The molecule has 220 valence electrons. The summed E-state index contributed by atoms with van der Waals surface area (Å²) in [5.74, 6) is 0.664. The average molecular weight is 592 g/mol. The molecule has 0 spiro atoms. The van der Waals surface area contributed by atoms with Crippen LogP contribution in [-0.2, 0) is 32.8 Å². The summed E-state index contributed by atoms with van der Waals surface area (Å²) in [7, 11) is -2.95. The SMILES string of the molecule is CCn1ncc(-c2ccc(N(Cc3cccnc3)S(=O)(=O)N(C=O)c3ccc(OC)c(OC4CCCO4)c3)cc2)c1C. The molecular weight excluding hydrogens is 558 g/mol. The zero-order valence-corrected chi connectivity index (χ0v) is 24.5. The zero-order chi connectivity index (χ0) is 29.7. The van der Waals surface area contributed by atoms with Crippen LogP contribution in [0.25, 0.3) is 11.1 Å². The molecule has 1 atom stereocenters. The molecule has 0 bridgehead atoms. The second-order valence-corrected chi connectivity index (χ2v) is 11.4. The van der Waals surface area contributed by atoms with Gasteiger partial charge in [-0.1, -0.05) is 18.2 Å². The van der Waals surface area contributed by atoms with Gasteiger partial charge in [-0.3, -0.25) is 14.5 Å². The van der Waals surface area contributed by atoms with Crippen molar-refractivity contribution in [2.45, 2.75) is 46.1 Å². The highest BCUT2D eigenvalue weighted by molar-refractivity contribution is 7.94. The van der Waals surface area contributed by atoms with Gasteiger partial charge >= 0.3 is 10.2 Å². The monoisotopic (exact) mass is 591 g/mol. The smallest absolute Gasteiger partial charge is 0.333 e. The van der Waals surface area contributed by atoms with Gasteiger partial charge in [-0.05, 0) is 61.7 Å². The number of pyridine rings is 1. The first-order chi connectivity index (χ1) is 20.3. The van der Waals surface area contributed by atoms with Crippen LogP contribution >= 0.6 is 0 Å². The van der Waals surface area contributed by atoms with E-state index in [0.29, 0.717) is 34.3 Å². The van der Waals surface area contributed by atoms with Crippen molar-refractivity contribution < 1.29 is 27.4 Å². The summed E-state index contributed by atoms with van der Waals surface area (Å²) < 4.78 is 49.1. The number of methoxy groups -OCH3 is 1. The van der Waals surface area contributed by atoms with Gasteiger partial charge in [0.15, 0.2) is 17.8 Å². The zero-order valence-electron chi connectivity index (χ0n) is 23.7. The minimum atomic E-state index is -4.44. The standard InChI is InChI=1S/C30H33N5O6S/c1-4-33-22(2)27(19-32-33)24-9-11-25(12-10-24)34(20-23-7-5-15-31-18-23)42(37,38)35(21-36)26-13-14-28(39-3)29(17-26)41-30-8-6-16-40-30/h5,7,9-15,17-19,21,30H,4,6,8,16,20H2,1-3H3. The Morgan fingerprint density at radius 3 is 2.50 bits per heavy atom. The maximum atomic E-state index is 14.2. The summed E-state index contributed by atoms with van der Waals surface area (Å²) in [6, 6.07) is 15.1. The normalized spacial score (nSPS) is 14.9. The maximum absolute atomic E-state index is 14.2. The molecule has 1 aliphatic heterocycles. The molecule has 12 heteroatoms. The summed E-state index contributed by atoms with van der Waals surface area (Å²) >= 11 is 0. The molecule has 3 heterocycles. The molecular formula is C30H33N5O6S. The molecule has 0 aliphatic carbocycles. The fourth-order valence-electron chi connectivity index (χ4n) is 4.85. The van der Waals surface area contributed by atoms with Crippen molar-refractivity contribution in [1.82, 2.24) is 14.8 Å². The fraction of sp³-hybridized carbons (Fsp3) is 0.300. The van der Waals surface area contributed by atoms with E-state index in [1.165, 1.54) is 23.5 Å². The molecule has 11 nitrogen and oxygen atoms in total. The van der Waals surface area contributed by atoms with Crippen molar-refractivity contribution >= 4 is 28.0 Å². The molecule has 4 aromatic rings. The van der Waals surface area contributed by atoms with Crippen LogP contribution in [0.5, 0.6) is 11.5 Å². The van der Waals surface area contributed by atoms with Gasteiger partial charge in [0.25, 0.3) is 0 Å². The highest BCUT2D eigenvalue weighted by atomic mass is 32.2. The number of hydrogen-bond donors (Lipinski definition) is 0. The Hall–Kier alpha value is -4.42. The summed E-state index contributed by atoms with van der Waals surface area (Å²) in [6.07, 6.45) is 6.34. The third kappa shape index (κ3) is 5.95. The number of anilines is 2. The number of benzene rings is 2. The second-order valence-electron chi connectivity index (χ2n) is 9.68. The van der Waals surface area contributed by atoms with Gasteiger partial charge < -0.3 is 14.2 Å². The van der Waals surface area contributed by atoms with Crippen LogP contribution in [0, 0.1) is 6.92 Å². The van der Waals surface area contributed by atoms with Crippen molar-refractivity contribution in [1.29, 1.82) is 0 Å². The first-order valence-corrected chi connectivity index (χ1v) is 15.0. The van der Waals surface area contributed by atoms with Crippen LogP contribution in [-0.4, -0.2) is 49.6 Å². The van der Waals surface area contributed by atoms with E-state index < -0.39 is 16.5 Å². The molecule has 1 aliphatic rings. The Morgan fingerprint density at radius 1 is 1.10 bits per heavy atom. The molecule has 2 aromatic heterocycles. The number of ether oxygens (including phenoxy) is 3. The highest BCUT2D eigenvalue weighted by Gasteiger charge is 2.32. The lowest BCUT2D eigenvalue weighted by Crippen LogP contribution is -2.43. The van der Waals surface area contributed by atoms with Gasteiger partial charge in [0.05, 0.1) is 37.8 Å². The Balaban J connectivity index is 1.52. The first kappa shape index (κ1) is 29.1. The number of carbonyl (C=O) groups excluding carboxylic acids is 1. The van der Waals surface area contributed by atoms with Crippen LogP contribution < -0.4 is 18.1 Å². The van der Waals surface area contributed by atoms with Gasteiger partial charge in [0, 0.05) is 42.7 Å². The van der Waals surface area contributed by atoms with E-state index >= 15 is 0 Å². The van der Waals surface area contributed by atoms with Gasteiger partial charge in [-0.25, -0.2) is 4.31 Å². The number of aryl methyl sites for hydroxylation is 1. The summed E-state index contributed by atoms with van der Waals surface area (Å²) in [5, 5.41) is 4.41. The first-order valence-electron chi connectivity index (χ1n) is 13.6. The lowest BCUT2D eigenvalue weighted by molar-refractivity contribution is -0.106. The van der Waals surface area contributed by atoms with E-state index in [2.05, 4.69) is 10.1 Å². The van der Waals surface area contributed by atoms with Crippen molar-refractivity contribution in [2.24, 2.45) is 0 Å².